The van der Waals surface area contributed by atoms with Crippen molar-refractivity contribution < 1.29 is 14.1 Å². The van der Waals surface area contributed by atoms with E-state index in [0.717, 1.165) is 18.4 Å². The lowest BCUT2D eigenvalue weighted by Crippen LogP contribution is -2.33. The third-order valence-corrected chi connectivity index (χ3v) is 4.56. The van der Waals surface area contributed by atoms with E-state index in [0.29, 0.717) is 47.1 Å². The highest BCUT2D eigenvalue weighted by Crippen LogP contribution is 2.38. The summed E-state index contributed by atoms with van der Waals surface area (Å²) in [5, 5.41) is 7.39. The Morgan fingerprint density at radius 1 is 1.48 bits per heavy atom. The molecule has 2 aromatic rings. The van der Waals surface area contributed by atoms with Crippen LogP contribution in [0.4, 0.5) is 10.5 Å². The van der Waals surface area contributed by atoms with Gasteiger partial charge in [-0.05, 0) is 31.4 Å². The van der Waals surface area contributed by atoms with Crippen molar-refractivity contribution in [1.29, 1.82) is 0 Å². The van der Waals surface area contributed by atoms with Crippen LogP contribution in [0.25, 0.3) is 0 Å². The summed E-state index contributed by atoms with van der Waals surface area (Å²) < 4.78 is 10.5. The summed E-state index contributed by atoms with van der Waals surface area (Å²) in [6.45, 7) is 2.35. The number of amides is 2. The largest absolute Gasteiger partial charge is 0.495 e. The summed E-state index contributed by atoms with van der Waals surface area (Å²) in [7, 11) is 3.25. The maximum absolute atomic E-state index is 12.4. The minimum atomic E-state index is -0.245. The molecule has 1 aliphatic rings. The molecule has 0 bridgehead atoms. The zero-order chi connectivity index (χ0) is 18.0. The van der Waals surface area contributed by atoms with Gasteiger partial charge < -0.3 is 19.5 Å². The van der Waals surface area contributed by atoms with E-state index in [1.807, 2.05) is 6.92 Å². The molecule has 25 heavy (non-hydrogen) atoms. The first kappa shape index (κ1) is 17.5. The predicted octanol–water partition coefficient (Wildman–Crippen LogP) is 3.62. The van der Waals surface area contributed by atoms with Crippen molar-refractivity contribution in [3.63, 3.8) is 0 Å². The highest BCUT2D eigenvalue weighted by Gasteiger charge is 2.29. The highest BCUT2D eigenvalue weighted by atomic mass is 35.5. The number of hydrogen-bond donors (Lipinski definition) is 1. The number of benzene rings is 1. The maximum Gasteiger partial charge on any atom is 0.321 e. The van der Waals surface area contributed by atoms with Gasteiger partial charge >= 0.3 is 6.03 Å². The Morgan fingerprint density at radius 2 is 2.24 bits per heavy atom. The molecule has 0 aliphatic heterocycles. The average molecular weight is 365 g/mol. The van der Waals surface area contributed by atoms with E-state index in [1.165, 1.54) is 7.11 Å². The number of ether oxygens (including phenoxy) is 1. The maximum atomic E-state index is 12.4. The molecule has 0 atom stereocenters. The van der Waals surface area contributed by atoms with Gasteiger partial charge in [0.1, 0.15) is 5.75 Å². The summed E-state index contributed by atoms with van der Waals surface area (Å²) >= 11 is 6.08. The van der Waals surface area contributed by atoms with Gasteiger partial charge in [-0.25, -0.2) is 4.79 Å². The Hall–Kier alpha value is -2.28. The molecule has 8 heteroatoms. The quantitative estimate of drug-likeness (QED) is 0.846. The first-order chi connectivity index (χ1) is 12.0. The number of halogens is 1. The van der Waals surface area contributed by atoms with Gasteiger partial charge in [-0.3, -0.25) is 0 Å². The second-order valence-corrected chi connectivity index (χ2v) is 6.63. The number of rotatable bonds is 6. The summed E-state index contributed by atoms with van der Waals surface area (Å²) in [4.78, 5) is 18.3. The Balaban J connectivity index is 1.57. The van der Waals surface area contributed by atoms with Crippen LogP contribution >= 0.6 is 11.6 Å². The van der Waals surface area contributed by atoms with E-state index in [2.05, 4.69) is 15.5 Å². The van der Waals surface area contributed by atoms with Crippen molar-refractivity contribution in [2.75, 3.05) is 26.0 Å². The molecule has 1 aliphatic carbocycles. The Kier molecular flexibility index (Phi) is 5.13. The molecule has 0 radical (unpaired) electrons. The molecule has 1 fully saturated rings. The third-order valence-electron chi connectivity index (χ3n) is 4.15. The molecule has 3 rings (SSSR count). The van der Waals surface area contributed by atoms with Crippen molar-refractivity contribution in [1.82, 2.24) is 15.0 Å². The van der Waals surface area contributed by atoms with E-state index in [1.54, 1.807) is 24.1 Å². The lowest BCUT2D eigenvalue weighted by atomic mass is 10.2. The molecule has 0 saturated heterocycles. The minimum Gasteiger partial charge on any atom is -0.495 e. The molecule has 7 nitrogen and oxygen atoms in total. The molecule has 1 saturated carbocycles. The number of nitrogens with zero attached hydrogens (tertiary/aromatic N) is 3. The van der Waals surface area contributed by atoms with Gasteiger partial charge in [-0.15, -0.1) is 0 Å². The van der Waals surface area contributed by atoms with Gasteiger partial charge in [0.25, 0.3) is 0 Å². The van der Waals surface area contributed by atoms with E-state index in [4.69, 9.17) is 20.9 Å². The van der Waals surface area contributed by atoms with Crippen molar-refractivity contribution in [2.24, 2.45) is 0 Å². The first-order valence-electron chi connectivity index (χ1n) is 8.16. The van der Waals surface area contributed by atoms with Gasteiger partial charge in [0, 0.05) is 37.0 Å². The number of carbonyl (C=O) groups excluding carboxylic acids is 1. The third kappa shape index (κ3) is 4.22. The Bertz CT molecular complexity index is 773. The van der Waals surface area contributed by atoms with Gasteiger partial charge in [0.05, 0.1) is 12.8 Å². The van der Waals surface area contributed by atoms with Crippen molar-refractivity contribution in [2.45, 2.75) is 32.1 Å². The number of nitrogens with one attached hydrogen (secondary N) is 1. The number of methoxy groups -OCH3 is 1. The Morgan fingerprint density at radius 3 is 2.92 bits per heavy atom. The number of carbonyl (C=O) groups is 1. The fraction of sp³-hybridized carbons (Fsp3) is 0.471. The monoisotopic (exact) mass is 364 g/mol. The van der Waals surface area contributed by atoms with E-state index >= 15 is 0 Å². The molecule has 0 unspecified atom stereocenters. The molecule has 2 amide bonds. The van der Waals surface area contributed by atoms with E-state index in [-0.39, 0.29) is 6.03 Å². The number of hydrogen-bond acceptors (Lipinski definition) is 5. The number of aryl methyl sites for hydroxylation is 1. The average Bonchev–Trinajstić information content (AvgIpc) is 3.34. The second-order valence-electron chi connectivity index (χ2n) is 6.23. The van der Waals surface area contributed by atoms with Crippen LogP contribution in [0.2, 0.25) is 5.02 Å². The lowest BCUT2D eigenvalue weighted by Gasteiger charge is -2.19. The standard InChI is InChI=1S/C17H21ClN4O3/c1-10-8-13(14(24-3)9-12(10)18)19-17(23)22(2)7-6-15-20-16(25-21-15)11-4-5-11/h8-9,11H,4-7H2,1-3H3,(H,19,23). The fourth-order valence-electron chi connectivity index (χ4n) is 2.37. The van der Waals surface area contributed by atoms with Crippen molar-refractivity contribution >= 4 is 23.3 Å². The Labute approximate surface area is 151 Å². The van der Waals surface area contributed by atoms with Crippen LogP contribution in [0.5, 0.6) is 5.75 Å². The van der Waals surface area contributed by atoms with E-state index in [9.17, 15) is 4.79 Å². The smallest absolute Gasteiger partial charge is 0.321 e. The highest BCUT2D eigenvalue weighted by molar-refractivity contribution is 6.31. The van der Waals surface area contributed by atoms with E-state index < -0.39 is 0 Å². The number of aromatic nitrogens is 2. The molecule has 1 N–H and O–H groups in total. The first-order valence-corrected chi connectivity index (χ1v) is 8.54. The normalized spacial score (nSPS) is 13.6. The van der Waals surface area contributed by atoms with Crippen molar-refractivity contribution in [3.05, 3.63) is 34.4 Å². The van der Waals surface area contributed by atoms with Crippen LogP contribution in [-0.4, -0.2) is 41.8 Å². The summed E-state index contributed by atoms with van der Waals surface area (Å²) in [6.07, 6.45) is 2.77. The zero-order valence-corrected chi connectivity index (χ0v) is 15.3. The van der Waals surface area contributed by atoms with Gasteiger partial charge in [-0.1, -0.05) is 16.8 Å². The van der Waals surface area contributed by atoms with Crippen LogP contribution in [0.1, 0.15) is 36.0 Å². The SMILES string of the molecule is COc1cc(Cl)c(C)cc1NC(=O)N(C)CCc1noc(C2CC2)n1. The zero-order valence-electron chi connectivity index (χ0n) is 14.5. The molecular weight excluding hydrogens is 344 g/mol. The summed E-state index contributed by atoms with van der Waals surface area (Å²) in [5.74, 6) is 2.29. The predicted molar refractivity (Wildman–Crippen MR) is 94.4 cm³/mol. The van der Waals surface area contributed by atoms with Crippen molar-refractivity contribution in [3.8, 4) is 5.75 Å². The number of urea groups is 1. The van der Waals surface area contributed by atoms with Crippen LogP contribution in [0.3, 0.4) is 0 Å². The summed E-state index contributed by atoms with van der Waals surface area (Å²) in [5.41, 5.74) is 1.44. The summed E-state index contributed by atoms with van der Waals surface area (Å²) in [6, 6.07) is 3.23. The number of likely N-dealkylation sites (N-methyl/N-ethyl adjacent to an activating group) is 1. The van der Waals surface area contributed by atoms with Gasteiger partial charge in [0.2, 0.25) is 5.89 Å². The van der Waals surface area contributed by atoms with Crippen LogP contribution in [0, 0.1) is 6.92 Å². The van der Waals surface area contributed by atoms with Crippen LogP contribution in [0.15, 0.2) is 16.7 Å². The van der Waals surface area contributed by atoms with Gasteiger partial charge in [-0.2, -0.15) is 4.98 Å². The molecule has 1 aromatic heterocycles. The molecular formula is C17H21ClN4O3. The van der Waals surface area contributed by atoms with Crippen LogP contribution in [-0.2, 0) is 6.42 Å². The molecule has 1 aromatic carbocycles. The number of anilines is 1. The lowest BCUT2D eigenvalue weighted by molar-refractivity contribution is 0.222. The molecule has 1 heterocycles. The van der Waals surface area contributed by atoms with Crippen LogP contribution < -0.4 is 10.1 Å². The molecule has 134 valence electrons. The minimum absolute atomic E-state index is 0.245. The topological polar surface area (TPSA) is 80.5 Å². The molecule has 0 spiro atoms. The second kappa shape index (κ2) is 7.31. The fourth-order valence-corrected chi connectivity index (χ4v) is 2.53. The van der Waals surface area contributed by atoms with Gasteiger partial charge in [0.15, 0.2) is 5.82 Å².